The highest BCUT2D eigenvalue weighted by Crippen LogP contribution is 2.20. The van der Waals surface area contributed by atoms with Crippen LogP contribution in [0.1, 0.15) is 35.7 Å². The maximum atomic E-state index is 12.5. The normalized spacial score (nSPS) is 11.9. The van der Waals surface area contributed by atoms with Gasteiger partial charge in [0.05, 0.1) is 12.1 Å². The van der Waals surface area contributed by atoms with E-state index in [0.717, 1.165) is 18.5 Å². The Kier molecular flexibility index (Phi) is 8.16. The van der Waals surface area contributed by atoms with E-state index in [9.17, 15) is 9.90 Å². The number of para-hydroxylation sites is 1. The van der Waals surface area contributed by atoms with E-state index in [1.54, 1.807) is 12.1 Å². The number of quaternary nitrogens is 1. The zero-order valence-corrected chi connectivity index (χ0v) is 14.9. The fraction of sp³-hybridized carbons (Fsp3) is 0.381. The van der Waals surface area contributed by atoms with Gasteiger partial charge in [-0.3, -0.25) is 4.79 Å². The number of aliphatic hydroxyl groups is 1. The molecule has 0 spiro atoms. The second-order valence-corrected chi connectivity index (χ2v) is 6.18. The Morgan fingerprint density at radius 1 is 1.12 bits per heavy atom. The molecule has 0 aliphatic rings. The van der Waals surface area contributed by atoms with Crippen molar-refractivity contribution in [2.75, 3.05) is 19.7 Å². The van der Waals surface area contributed by atoms with Crippen molar-refractivity contribution in [2.24, 2.45) is 0 Å². The summed E-state index contributed by atoms with van der Waals surface area (Å²) in [5, 5.41) is 12.1. The Morgan fingerprint density at radius 2 is 1.84 bits per heavy atom. The van der Waals surface area contributed by atoms with Crippen molar-refractivity contribution >= 4 is 5.78 Å². The average molecular weight is 342 g/mol. The van der Waals surface area contributed by atoms with Crippen LogP contribution < -0.4 is 10.1 Å². The summed E-state index contributed by atoms with van der Waals surface area (Å²) in [4.78, 5) is 12.5. The van der Waals surface area contributed by atoms with Gasteiger partial charge in [-0.2, -0.15) is 0 Å². The molecular weight excluding hydrogens is 314 g/mol. The molecular formula is C21H28NO3+. The Hall–Kier alpha value is -2.17. The Balaban J connectivity index is 1.89. The number of nitrogens with two attached hydrogens (primary N) is 1. The molecule has 0 aliphatic carbocycles. The first-order chi connectivity index (χ1) is 12.2. The fourth-order valence-electron chi connectivity index (χ4n) is 2.63. The lowest BCUT2D eigenvalue weighted by Gasteiger charge is -2.14. The minimum absolute atomic E-state index is 0.0616. The van der Waals surface area contributed by atoms with Crippen molar-refractivity contribution < 1.29 is 20.0 Å². The molecule has 4 heteroatoms. The number of hydrogen-bond acceptors (Lipinski definition) is 3. The Morgan fingerprint density at radius 3 is 2.60 bits per heavy atom. The van der Waals surface area contributed by atoms with Crippen LogP contribution in [0, 0.1) is 0 Å². The lowest BCUT2D eigenvalue weighted by Crippen LogP contribution is -2.86. The van der Waals surface area contributed by atoms with Crippen LogP contribution in [0.4, 0.5) is 0 Å². The van der Waals surface area contributed by atoms with Crippen molar-refractivity contribution in [1.29, 1.82) is 0 Å². The summed E-state index contributed by atoms with van der Waals surface area (Å²) in [6.45, 7) is 3.91. The van der Waals surface area contributed by atoms with Crippen LogP contribution in [-0.2, 0) is 6.42 Å². The largest absolute Gasteiger partial charge is 0.490 e. The zero-order valence-electron chi connectivity index (χ0n) is 14.9. The molecule has 1 atom stereocenters. The molecule has 1 unspecified atom stereocenters. The molecule has 3 N–H and O–H groups in total. The van der Waals surface area contributed by atoms with Crippen LogP contribution in [0.5, 0.6) is 5.75 Å². The molecule has 0 saturated carbocycles. The molecule has 0 aromatic heterocycles. The number of hydrogen-bond donors (Lipinski definition) is 2. The van der Waals surface area contributed by atoms with Gasteiger partial charge in [0.25, 0.3) is 0 Å². The van der Waals surface area contributed by atoms with Crippen molar-refractivity contribution in [1.82, 2.24) is 0 Å². The first-order valence-electron chi connectivity index (χ1n) is 8.99. The summed E-state index contributed by atoms with van der Waals surface area (Å²) >= 11 is 0. The number of Topliss-reactive ketones (excluding diaryl/α,β-unsaturated/α-hetero) is 1. The highest BCUT2D eigenvalue weighted by atomic mass is 16.5. The van der Waals surface area contributed by atoms with E-state index in [2.05, 4.69) is 12.2 Å². The first kappa shape index (κ1) is 19.2. The van der Waals surface area contributed by atoms with Crippen LogP contribution in [-0.4, -0.2) is 36.7 Å². The maximum Gasteiger partial charge on any atom is 0.166 e. The first-order valence-corrected chi connectivity index (χ1v) is 8.99. The number of carbonyl (C=O) groups is 1. The minimum atomic E-state index is -0.543. The monoisotopic (exact) mass is 342 g/mol. The Labute approximate surface area is 149 Å². The molecule has 0 heterocycles. The number of ketones is 1. The molecule has 2 rings (SSSR count). The quantitative estimate of drug-likeness (QED) is 0.486. The maximum absolute atomic E-state index is 12.5. The number of ether oxygens (including phenoxy) is 1. The third kappa shape index (κ3) is 6.69. The standard InChI is InChI=1S/C21H27NO3/c1-2-14-22-15-18(23)16-25-21-11-7-6-10-19(21)20(24)13-12-17-8-4-3-5-9-17/h3-11,18,22-23H,2,12-16H2,1H3/p+1. The summed E-state index contributed by atoms with van der Waals surface area (Å²) in [6, 6.07) is 17.3. The fourth-order valence-corrected chi connectivity index (χ4v) is 2.63. The van der Waals surface area contributed by atoms with E-state index >= 15 is 0 Å². The van der Waals surface area contributed by atoms with Gasteiger partial charge in [-0.15, -0.1) is 0 Å². The second-order valence-electron chi connectivity index (χ2n) is 6.18. The van der Waals surface area contributed by atoms with Crippen LogP contribution >= 0.6 is 0 Å². The van der Waals surface area contributed by atoms with Gasteiger partial charge in [0.2, 0.25) is 0 Å². The van der Waals surface area contributed by atoms with Gasteiger partial charge in [0, 0.05) is 6.42 Å². The van der Waals surface area contributed by atoms with Gasteiger partial charge >= 0.3 is 0 Å². The number of rotatable bonds is 11. The average Bonchev–Trinajstić information content (AvgIpc) is 2.66. The predicted molar refractivity (Wildman–Crippen MR) is 99.0 cm³/mol. The molecule has 0 aliphatic heterocycles. The van der Waals surface area contributed by atoms with Gasteiger partial charge in [0.1, 0.15) is 25.0 Å². The van der Waals surface area contributed by atoms with E-state index in [4.69, 9.17) is 4.74 Å². The van der Waals surface area contributed by atoms with Crippen LogP contribution in [0.15, 0.2) is 54.6 Å². The number of aryl methyl sites for hydroxylation is 1. The van der Waals surface area contributed by atoms with E-state index in [0.29, 0.717) is 30.7 Å². The van der Waals surface area contributed by atoms with E-state index in [1.165, 1.54) is 0 Å². The molecule has 134 valence electrons. The summed E-state index contributed by atoms with van der Waals surface area (Å²) in [7, 11) is 0. The van der Waals surface area contributed by atoms with Crippen molar-refractivity contribution in [3.63, 3.8) is 0 Å². The summed E-state index contributed by atoms with van der Waals surface area (Å²) in [6.07, 6.45) is 1.69. The Bertz CT molecular complexity index is 643. The summed E-state index contributed by atoms with van der Waals surface area (Å²) in [5.74, 6) is 0.613. The molecule has 2 aromatic carbocycles. The lowest BCUT2D eigenvalue weighted by atomic mass is 10.0. The molecule has 0 amide bonds. The van der Waals surface area contributed by atoms with Gasteiger partial charge in [-0.1, -0.05) is 49.4 Å². The minimum Gasteiger partial charge on any atom is -0.490 e. The van der Waals surface area contributed by atoms with E-state index < -0.39 is 6.10 Å². The molecule has 25 heavy (non-hydrogen) atoms. The highest BCUT2D eigenvalue weighted by Gasteiger charge is 2.14. The van der Waals surface area contributed by atoms with Crippen LogP contribution in [0.3, 0.4) is 0 Å². The second kappa shape index (κ2) is 10.6. The zero-order chi connectivity index (χ0) is 17.9. The van der Waals surface area contributed by atoms with Gasteiger partial charge in [0.15, 0.2) is 5.78 Å². The van der Waals surface area contributed by atoms with Crippen molar-refractivity contribution in [3.05, 3.63) is 65.7 Å². The molecule has 2 aromatic rings. The van der Waals surface area contributed by atoms with Crippen molar-refractivity contribution in [3.8, 4) is 5.75 Å². The number of benzene rings is 2. The molecule has 0 fully saturated rings. The van der Waals surface area contributed by atoms with Crippen LogP contribution in [0.2, 0.25) is 0 Å². The summed E-state index contributed by atoms with van der Waals surface area (Å²) in [5.41, 5.74) is 1.74. The predicted octanol–water partition coefficient (Wildman–Crippen LogP) is 2.22. The molecule has 0 saturated heterocycles. The number of aliphatic hydroxyl groups excluding tert-OH is 1. The van der Waals surface area contributed by atoms with Gasteiger partial charge < -0.3 is 15.2 Å². The SMILES string of the molecule is CCC[NH2+]CC(O)COc1ccccc1C(=O)CCc1ccccc1. The van der Waals surface area contributed by atoms with Gasteiger partial charge in [-0.05, 0) is 30.5 Å². The molecule has 0 bridgehead atoms. The lowest BCUT2D eigenvalue weighted by molar-refractivity contribution is -0.661. The number of carbonyl (C=O) groups excluding carboxylic acids is 1. The molecule has 4 nitrogen and oxygen atoms in total. The van der Waals surface area contributed by atoms with E-state index in [1.807, 2.05) is 42.5 Å². The van der Waals surface area contributed by atoms with Crippen molar-refractivity contribution in [2.45, 2.75) is 32.3 Å². The van der Waals surface area contributed by atoms with E-state index in [-0.39, 0.29) is 12.4 Å². The highest BCUT2D eigenvalue weighted by molar-refractivity contribution is 5.98. The van der Waals surface area contributed by atoms with Gasteiger partial charge in [-0.25, -0.2) is 0 Å². The summed E-state index contributed by atoms with van der Waals surface area (Å²) < 4.78 is 5.71. The third-order valence-corrected chi connectivity index (χ3v) is 4.03. The smallest absolute Gasteiger partial charge is 0.166 e. The van der Waals surface area contributed by atoms with Crippen LogP contribution in [0.25, 0.3) is 0 Å². The molecule has 0 radical (unpaired) electrons. The third-order valence-electron chi connectivity index (χ3n) is 4.03. The topological polar surface area (TPSA) is 63.1 Å².